The molecule has 5 aromatic rings. The van der Waals surface area contributed by atoms with Crippen molar-refractivity contribution < 1.29 is 13.9 Å². The van der Waals surface area contributed by atoms with Gasteiger partial charge in [0.15, 0.2) is 5.65 Å². The first-order valence-electron chi connectivity index (χ1n) is 11.9. The molecule has 11 heteroatoms. The van der Waals surface area contributed by atoms with Crippen molar-refractivity contribution in [3.63, 3.8) is 0 Å². The maximum atomic E-state index is 15.1. The summed E-state index contributed by atoms with van der Waals surface area (Å²) in [6, 6.07) is 8.00. The van der Waals surface area contributed by atoms with Crippen LogP contribution >= 0.6 is 0 Å². The summed E-state index contributed by atoms with van der Waals surface area (Å²) >= 11 is 0. The predicted octanol–water partition coefficient (Wildman–Crippen LogP) is 4.57. The maximum Gasteiger partial charge on any atom is 0.245 e. The van der Waals surface area contributed by atoms with Gasteiger partial charge in [-0.1, -0.05) is 6.58 Å². The summed E-state index contributed by atoms with van der Waals surface area (Å²) in [4.78, 5) is 29.8. The minimum absolute atomic E-state index is 0.0518. The maximum absolute atomic E-state index is 15.1. The number of aromatic nitrogens is 6. The number of benzene rings is 1. The number of likely N-dealkylation sites (tertiary alicyclic amines) is 1. The number of amides is 1. The number of nitrogens with zero attached hydrogens (tertiary/aromatic N) is 6. The zero-order valence-corrected chi connectivity index (χ0v) is 19.8. The van der Waals surface area contributed by atoms with Crippen molar-refractivity contribution in [2.24, 2.45) is 0 Å². The molecule has 0 saturated carbocycles. The van der Waals surface area contributed by atoms with Crippen molar-refractivity contribution >= 4 is 34.1 Å². The molecule has 37 heavy (non-hydrogen) atoms. The molecule has 10 nitrogen and oxygen atoms in total. The number of hydrogen-bond acceptors (Lipinski definition) is 7. The molecule has 0 bridgehead atoms. The van der Waals surface area contributed by atoms with E-state index in [2.05, 4.69) is 36.9 Å². The lowest BCUT2D eigenvalue weighted by atomic mass is 9.89. The van der Waals surface area contributed by atoms with Gasteiger partial charge in [0.05, 0.1) is 11.1 Å². The molecule has 0 atom stereocenters. The number of H-pyrrole nitrogens is 1. The molecule has 0 spiro atoms. The van der Waals surface area contributed by atoms with E-state index in [4.69, 9.17) is 4.74 Å². The van der Waals surface area contributed by atoms with Gasteiger partial charge in [0.25, 0.3) is 0 Å². The second-order valence-corrected chi connectivity index (χ2v) is 8.76. The highest BCUT2D eigenvalue weighted by Gasteiger charge is 2.26. The molecule has 1 saturated heterocycles. The van der Waals surface area contributed by atoms with Gasteiger partial charge in [-0.15, -0.1) is 5.10 Å². The van der Waals surface area contributed by atoms with Crippen molar-refractivity contribution in [1.29, 1.82) is 0 Å². The molecule has 1 aromatic carbocycles. The minimum Gasteiger partial charge on any atom is -0.437 e. The largest absolute Gasteiger partial charge is 0.437 e. The summed E-state index contributed by atoms with van der Waals surface area (Å²) < 4.78 is 22.4. The van der Waals surface area contributed by atoms with Gasteiger partial charge in [-0.2, -0.15) is 0 Å². The van der Waals surface area contributed by atoms with E-state index in [1.165, 1.54) is 18.5 Å². The van der Waals surface area contributed by atoms with Gasteiger partial charge >= 0.3 is 0 Å². The van der Waals surface area contributed by atoms with Crippen LogP contribution in [0.4, 0.5) is 15.9 Å². The van der Waals surface area contributed by atoms with E-state index >= 15 is 4.39 Å². The summed E-state index contributed by atoms with van der Waals surface area (Å²) in [6.45, 7) is 4.87. The smallest absolute Gasteiger partial charge is 0.245 e. The number of nitrogens with one attached hydrogen (secondary N) is 2. The van der Waals surface area contributed by atoms with E-state index in [0.29, 0.717) is 41.8 Å². The Morgan fingerprint density at radius 1 is 1.19 bits per heavy atom. The average molecular weight is 499 g/mol. The number of carbonyl (C=O) groups is 1. The number of aromatic amines is 1. The van der Waals surface area contributed by atoms with Gasteiger partial charge in [0.2, 0.25) is 11.8 Å². The second-order valence-electron chi connectivity index (χ2n) is 8.76. The number of hydrogen-bond donors (Lipinski definition) is 2. The van der Waals surface area contributed by atoms with Crippen molar-refractivity contribution in [2.45, 2.75) is 18.8 Å². The Bertz CT molecular complexity index is 1620. The number of ether oxygens (including phenoxy) is 1. The molecule has 0 radical (unpaired) electrons. The van der Waals surface area contributed by atoms with Crippen molar-refractivity contribution in [1.82, 2.24) is 34.4 Å². The van der Waals surface area contributed by atoms with Gasteiger partial charge < -0.3 is 19.9 Å². The van der Waals surface area contributed by atoms with E-state index < -0.39 is 5.82 Å². The van der Waals surface area contributed by atoms with Gasteiger partial charge in [0.1, 0.15) is 29.4 Å². The van der Waals surface area contributed by atoms with E-state index in [0.717, 1.165) is 23.8 Å². The summed E-state index contributed by atoms with van der Waals surface area (Å²) in [6.07, 6.45) is 9.67. The fourth-order valence-electron chi connectivity index (χ4n) is 4.70. The highest BCUT2D eigenvalue weighted by molar-refractivity contribution is 5.92. The first kappa shape index (κ1) is 22.7. The number of anilines is 2. The van der Waals surface area contributed by atoms with Crippen molar-refractivity contribution in [3.05, 3.63) is 79.3 Å². The van der Waals surface area contributed by atoms with Crippen LogP contribution in [0.25, 0.3) is 16.7 Å². The third-order valence-electron chi connectivity index (χ3n) is 6.57. The topological polar surface area (TPSA) is 113 Å². The van der Waals surface area contributed by atoms with Crippen LogP contribution in [0, 0.1) is 5.82 Å². The van der Waals surface area contributed by atoms with Crippen LogP contribution in [-0.4, -0.2) is 53.4 Å². The fourth-order valence-corrected chi connectivity index (χ4v) is 4.70. The van der Waals surface area contributed by atoms with Crippen LogP contribution in [0.15, 0.2) is 67.9 Å². The van der Waals surface area contributed by atoms with Crippen LogP contribution in [0.5, 0.6) is 11.6 Å². The van der Waals surface area contributed by atoms with Gasteiger partial charge in [-0.25, -0.2) is 23.9 Å². The number of rotatable bonds is 6. The van der Waals surface area contributed by atoms with Crippen LogP contribution in [-0.2, 0) is 4.79 Å². The predicted molar refractivity (Wildman–Crippen MR) is 135 cm³/mol. The van der Waals surface area contributed by atoms with E-state index in [1.807, 2.05) is 6.20 Å². The number of halogens is 1. The third kappa shape index (κ3) is 4.35. The lowest BCUT2D eigenvalue weighted by molar-refractivity contribution is -0.127. The summed E-state index contributed by atoms with van der Waals surface area (Å²) in [5.74, 6) is 0.804. The molecule has 1 fully saturated rings. The highest BCUT2D eigenvalue weighted by atomic mass is 19.1. The quantitative estimate of drug-likeness (QED) is 0.330. The molecule has 4 aromatic heterocycles. The molecule has 6 rings (SSSR count). The molecular weight excluding hydrogens is 475 g/mol. The fraction of sp³-hybridized carbons (Fsp3) is 0.192. The van der Waals surface area contributed by atoms with Crippen molar-refractivity contribution in [3.8, 4) is 11.6 Å². The molecule has 1 amide bonds. The Morgan fingerprint density at radius 2 is 2.05 bits per heavy atom. The van der Waals surface area contributed by atoms with Gasteiger partial charge in [0, 0.05) is 43.8 Å². The molecular formula is C26H23FN8O2. The van der Waals surface area contributed by atoms with Crippen LogP contribution in [0.3, 0.4) is 0 Å². The molecule has 1 aliphatic heterocycles. The lowest BCUT2D eigenvalue weighted by Gasteiger charge is -2.31. The van der Waals surface area contributed by atoms with E-state index in [1.54, 1.807) is 46.1 Å². The van der Waals surface area contributed by atoms with E-state index in [9.17, 15) is 4.79 Å². The second kappa shape index (κ2) is 9.34. The van der Waals surface area contributed by atoms with Gasteiger partial charge in [-0.05, 0) is 48.6 Å². The standard InChI is InChI=1S/C26H23FN8O2/c1-2-23(36)34-10-7-16(8-11-34)18-14-29-25-24(18)26(31-15-30-25)32-20-4-3-17(13-19(20)27)37-22-6-5-21-28-9-12-35(21)33-22/h2-6,9,12-16H,1,7-8,10-11H2,(H2,29,30,31,32). The lowest BCUT2D eigenvalue weighted by Crippen LogP contribution is -2.36. The van der Waals surface area contributed by atoms with Gasteiger partial charge in [-0.3, -0.25) is 4.79 Å². The first-order valence-corrected chi connectivity index (χ1v) is 11.9. The SMILES string of the molecule is C=CC(=O)N1CCC(c2c[nH]c3ncnc(Nc4ccc(Oc5ccc6nccn6n5)cc4F)c23)CC1. The molecule has 0 aliphatic carbocycles. The van der Waals surface area contributed by atoms with Crippen LogP contribution < -0.4 is 10.1 Å². The minimum atomic E-state index is -0.499. The monoisotopic (exact) mass is 498 g/mol. The number of imidazole rings is 1. The summed E-state index contributed by atoms with van der Waals surface area (Å²) in [7, 11) is 0. The van der Waals surface area contributed by atoms with Crippen molar-refractivity contribution in [2.75, 3.05) is 18.4 Å². The zero-order valence-electron chi connectivity index (χ0n) is 19.8. The normalized spacial score (nSPS) is 14.2. The Hall–Kier alpha value is -4.80. The van der Waals surface area contributed by atoms with Crippen LogP contribution in [0.1, 0.15) is 24.3 Å². The summed E-state index contributed by atoms with van der Waals surface area (Å²) in [5, 5.41) is 8.23. The molecule has 186 valence electrons. The Morgan fingerprint density at radius 3 is 2.86 bits per heavy atom. The Kier molecular flexibility index (Phi) is 5.72. The number of piperidine rings is 1. The highest BCUT2D eigenvalue weighted by Crippen LogP contribution is 2.37. The average Bonchev–Trinajstić information content (AvgIpc) is 3.57. The third-order valence-corrected chi connectivity index (χ3v) is 6.57. The van der Waals surface area contributed by atoms with Crippen LogP contribution in [0.2, 0.25) is 0 Å². The number of fused-ring (bicyclic) bond motifs is 2. The molecule has 0 unspecified atom stereocenters. The molecule has 2 N–H and O–H groups in total. The molecule has 5 heterocycles. The first-order chi connectivity index (χ1) is 18.1. The van der Waals surface area contributed by atoms with E-state index in [-0.39, 0.29) is 17.5 Å². The Balaban J connectivity index is 1.23. The zero-order chi connectivity index (χ0) is 25.4. The number of carbonyl (C=O) groups excluding carboxylic acids is 1. The Labute approximate surface area is 210 Å². The summed E-state index contributed by atoms with van der Waals surface area (Å²) in [5.41, 5.74) is 2.65. The molecule has 1 aliphatic rings.